The van der Waals surface area contributed by atoms with E-state index < -0.39 is 23.6 Å². The van der Waals surface area contributed by atoms with Crippen LogP contribution in [-0.2, 0) is 27.0 Å². The van der Waals surface area contributed by atoms with E-state index in [-0.39, 0.29) is 23.3 Å². The summed E-state index contributed by atoms with van der Waals surface area (Å²) in [6.07, 6.45) is -0.366. The molecule has 0 N–H and O–H groups in total. The highest BCUT2D eigenvalue weighted by Crippen LogP contribution is 2.36. The van der Waals surface area contributed by atoms with Gasteiger partial charge >= 0.3 is 12.1 Å². The second-order valence-electron chi connectivity index (χ2n) is 6.35. The number of hydrogen-bond acceptors (Lipinski definition) is 4. The number of allylic oxidation sites excluding steroid dienone is 1. The molecule has 0 radical (unpaired) electrons. The van der Waals surface area contributed by atoms with Crippen LogP contribution >= 0.6 is 0 Å². The van der Waals surface area contributed by atoms with Gasteiger partial charge in [0.15, 0.2) is 0 Å². The minimum atomic E-state index is -4.60. The Morgan fingerprint density at radius 2 is 1.93 bits per heavy atom. The maximum atomic E-state index is 13.3. The van der Waals surface area contributed by atoms with Crippen molar-refractivity contribution in [3.63, 3.8) is 0 Å². The fourth-order valence-corrected chi connectivity index (χ4v) is 3.13. The largest absolute Gasteiger partial charge is 0.465 e. The Bertz CT molecular complexity index is 1010. The van der Waals surface area contributed by atoms with E-state index in [0.29, 0.717) is 11.3 Å². The van der Waals surface area contributed by atoms with Gasteiger partial charge in [0, 0.05) is 18.1 Å². The van der Waals surface area contributed by atoms with Crippen LogP contribution < -0.4 is 0 Å². The molecule has 29 heavy (non-hydrogen) atoms. The summed E-state index contributed by atoms with van der Waals surface area (Å²) in [5.41, 5.74) is -0.287. The standard InChI is InChI=1S/C21H17F3N2O3/c1-13-18(20(28)29-2)16(10-15-7-3-4-8-17(15)21(22,23)24)19(27)26(13)12-14-6-5-9-25-11-14/h3-11H,12H2,1-2H3. The molecule has 0 bridgehead atoms. The third-order valence-corrected chi connectivity index (χ3v) is 4.53. The van der Waals surface area contributed by atoms with Crippen LogP contribution in [0.15, 0.2) is 65.6 Å². The molecule has 0 saturated carbocycles. The molecule has 1 aliphatic rings. The van der Waals surface area contributed by atoms with Gasteiger partial charge in [-0.15, -0.1) is 0 Å². The fourth-order valence-electron chi connectivity index (χ4n) is 3.13. The Hall–Kier alpha value is -3.42. The van der Waals surface area contributed by atoms with Crippen molar-refractivity contribution in [2.24, 2.45) is 0 Å². The maximum absolute atomic E-state index is 13.3. The lowest BCUT2D eigenvalue weighted by Gasteiger charge is -2.17. The van der Waals surface area contributed by atoms with E-state index in [1.54, 1.807) is 31.5 Å². The number of benzene rings is 1. The van der Waals surface area contributed by atoms with Gasteiger partial charge in [0.2, 0.25) is 0 Å². The third-order valence-electron chi connectivity index (χ3n) is 4.53. The molecule has 1 amide bonds. The molecule has 1 aromatic carbocycles. The summed E-state index contributed by atoms with van der Waals surface area (Å²) in [6, 6.07) is 8.32. The number of aromatic nitrogens is 1. The van der Waals surface area contributed by atoms with Crippen LogP contribution in [0.1, 0.15) is 23.6 Å². The summed E-state index contributed by atoms with van der Waals surface area (Å²) in [6.45, 7) is 1.67. The van der Waals surface area contributed by atoms with Crippen molar-refractivity contribution in [2.75, 3.05) is 7.11 Å². The predicted octanol–water partition coefficient (Wildman–Crippen LogP) is 3.97. The Morgan fingerprint density at radius 3 is 2.55 bits per heavy atom. The Morgan fingerprint density at radius 1 is 1.21 bits per heavy atom. The van der Waals surface area contributed by atoms with Crippen LogP contribution in [0.3, 0.4) is 0 Å². The summed E-state index contributed by atoms with van der Waals surface area (Å²) >= 11 is 0. The van der Waals surface area contributed by atoms with Gasteiger partial charge in [-0.2, -0.15) is 13.2 Å². The first kappa shape index (κ1) is 20.3. The summed E-state index contributed by atoms with van der Waals surface area (Å²) in [5, 5.41) is 0. The predicted molar refractivity (Wildman–Crippen MR) is 98.9 cm³/mol. The first-order valence-electron chi connectivity index (χ1n) is 8.62. The van der Waals surface area contributed by atoms with Crippen molar-refractivity contribution < 1.29 is 27.5 Å². The third kappa shape index (κ3) is 4.06. The smallest absolute Gasteiger partial charge is 0.416 e. The van der Waals surface area contributed by atoms with Gasteiger partial charge < -0.3 is 9.64 Å². The molecule has 0 unspecified atom stereocenters. The maximum Gasteiger partial charge on any atom is 0.416 e. The average Bonchev–Trinajstić information content (AvgIpc) is 2.92. The second-order valence-corrected chi connectivity index (χ2v) is 6.35. The minimum Gasteiger partial charge on any atom is -0.465 e. The van der Waals surface area contributed by atoms with Crippen molar-refractivity contribution in [1.29, 1.82) is 0 Å². The molecule has 0 atom stereocenters. The van der Waals surface area contributed by atoms with Gasteiger partial charge in [0.1, 0.15) is 0 Å². The molecule has 0 fully saturated rings. The van der Waals surface area contributed by atoms with Gasteiger partial charge in [-0.3, -0.25) is 9.78 Å². The van der Waals surface area contributed by atoms with Gasteiger partial charge in [-0.25, -0.2) is 4.79 Å². The number of pyridine rings is 1. The number of carbonyl (C=O) groups is 2. The Labute approximate surface area is 165 Å². The molecule has 150 valence electrons. The Balaban J connectivity index is 2.10. The molecular weight excluding hydrogens is 385 g/mol. The van der Waals surface area contributed by atoms with Gasteiger partial charge in [-0.05, 0) is 36.3 Å². The topological polar surface area (TPSA) is 59.5 Å². The molecule has 0 saturated heterocycles. The molecule has 3 rings (SSSR count). The van der Waals surface area contributed by atoms with Crippen molar-refractivity contribution >= 4 is 18.0 Å². The number of carbonyl (C=O) groups excluding carboxylic acids is 2. The summed E-state index contributed by atoms with van der Waals surface area (Å²) in [4.78, 5) is 30.7. The van der Waals surface area contributed by atoms with E-state index in [4.69, 9.17) is 4.74 Å². The van der Waals surface area contributed by atoms with E-state index in [9.17, 15) is 22.8 Å². The monoisotopic (exact) mass is 402 g/mol. The SMILES string of the molecule is COC(=O)C1=C(C)N(Cc2cccnc2)C(=O)C1=Cc1ccccc1C(F)(F)F. The zero-order valence-corrected chi connectivity index (χ0v) is 15.7. The van der Waals surface area contributed by atoms with E-state index in [1.807, 2.05) is 0 Å². The highest BCUT2D eigenvalue weighted by molar-refractivity contribution is 6.16. The lowest BCUT2D eigenvalue weighted by molar-refractivity contribution is -0.138. The number of amides is 1. The quantitative estimate of drug-likeness (QED) is 0.574. The Kier molecular flexibility index (Phi) is 5.54. The second kappa shape index (κ2) is 7.90. The minimum absolute atomic E-state index is 0.0571. The molecule has 1 aromatic heterocycles. The van der Waals surface area contributed by atoms with Gasteiger partial charge in [0.05, 0.1) is 30.4 Å². The van der Waals surface area contributed by atoms with Crippen molar-refractivity contribution in [2.45, 2.75) is 19.6 Å². The molecule has 0 aliphatic carbocycles. The van der Waals surface area contributed by atoms with Gasteiger partial charge in [-0.1, -0.05) is 24.3 Å². The number of nitrogens with zero attached hydrogens (tertiary/aromatic N) is 2. The molecular formula is C21H17F3N2O3. The zero-order chi connectivity index (χ0) is 21.2. The van der Waals surface area contributed by atoms with E-state index >= 15 is 0 Å². The van der Waals surface area contributed by atoms with E-state index in [2.05, 4.69) is 4.98 Å². The number of rotatable bonds is 4. The first-order chi connectivity index (χ1) is 13.7. The number of hydrogen-bond donors (Lipinski definition) is 0. The lowest BCUT2D eigenvalue weighted by atomic mass is 10.00. The number of esters is 1. The molecule has 2 heterocycles. The molecule has 0 spiro atoms. The summed E-state index contributed by atoms with van der Waals surface area (Å²) < 4.78 is 44.8. The van der Waals surface area contributed by atoms with Crippen molar-refractivity contribution in [3.8, 4) is 0 Å². The van der Waals surface area contributed by atoms with Crippen LogP contribution in [0.5, 0.6) is 0 Å². The highest BCUT2D eigenvalue weighted by atomic mass is 19.4. The van der Waals surface area contributed by atoms with Crippen molar-refractivity contribution in [3.05, 3.63) is 82.3 Å². The lowest BCUT2D eigenvalue weighted by Crippen LogP contribution is -2.24. The van der Waals surface area contributed by atoms with Gasteiger partial charge in [0.25, 0.3) is 5.91 Å². The fraction of sp³-hybridized carbons (Fsp3) is 0.190. The van der Waals surface area contributed by atoms with Crippen LogP contribution in [0.2, 0.25) is 0 Å². The van der Waals surface area contributed by atoms with Crippen LogP contribution in [0, 0.1) is 0 Å². The van der Waals surface area contributed by atoms with Crippen LogP contribution in [0.25, 0.3) is 6.08 Å². The molecule has 5 nitrogen and oxygen atoms in total. The molecule has 8 heteroatoms. The first-order valence-corrected chi connectivity index (χ1v) is 8.62. The highest BCUT2D eigenvalue weighted by Gasteiger charge is 2.38. The number of ether oxygens (including phenoxy) is 1. The van der Waals surface area contributed by atoms with Crippen LogP contribution in [-0.4, -0.2) is 28.9 Å². The summed E-state index contributed by atoms with van der Waals surface area (Å²) in [5.74, 6) is -1.37. The molecule has 2 aromatic rings. The number of alkyl halides is 3. The van der Waals surface area contributed by atoms with Crippen LogP contribution in [0.4, 0.5) is 13.2 Å². The van der Waals surface area contributed by atoms with E-state index in [0.717, 1.165) is 19.3 Å². The zero-order valence-electron chi connectivity index (χ0n) is 15.7. The van der Waals surface area contributed by atoms with E-state index in [1.165, 1.54) is 23.1 Å². The molecule has 1 aliphatic heterocycles. The average molecular weight is 402 g/mol. The van der Waals surface area contributed by atoms with Crippen molar-refractivity contribution in [1.82, 2.24) is 9.88 Å². The summed E-state index contributed by atoms with van der Waals surface area (Å²) in [7, 11) is 1.15. The normalized spacial score (nSPS) is 16.0. The number of methoxy groups -OCH3 is 1. The number of halogens is 3.